The van der Waals surface area contributed by atoms with Crippen molar-refractivity contribution in [1.29, 1.82) is 0 Å². The van der Waals surface area contributed by atoms with Gasteiger partial charge in [-0.1, -0.05) is 5.16 Å². The zero-order valence-electron chi connectivity index (χ0n) is 9.13. The molecule has 2 aromatic rings. The number of hydrogen-bond acceptors (Lipinski definition) is 7. The van der Waals surface area contributed by atoms with Gasteiger partial charge >= 0.3 is 0 Å². The molecule has 3 rings (SSSR count). The van der Waals surface area contributed by atoms with E-state index >= 15 is 0 Å². The van der Waals surface area contributed by atoms with Gasteiger partial charge in [0.05, 0.1) is 5.25 Å². The quantitative estimate of drug-likeness (QED) is 0.919. The second-order valence-electron chi connectivity index (χ2n) is 3.79. The van der Waals surface area contributed by atoms with Crippen LogP contribution in [0.5, 0.6) is 0 Å². The minimum atomic E-state index is 0.389. The van der Waals surface area contributed by atoms with Crippen molar-refractivity contribution < 1.29 is 4.52 Å². The van der Waals surface area contributed by atoms with E-state index in [0.717, 1.165) is 22.9 Å². The van der Waals surface area contributed by atoms with Crippen LogP contribution in [-0.2, 0) is 6.54 Å². The van der Waals surface area contributed by atoms with Crippen molar-refractivity contribution in [1.82, 2.24) is 15.1 Å². The number of thioether (sulfide) groups is 1. The highest BCUT2D eigenvalue weighted by Crippen LogP contribution is 2.38. The van der Waals surface area contributed by atoms with Crippen LogP contribution in [0.4, 0.5) is 0 Å². The number of nitrogens with zero attached hydrogens (tertiary/aromatic N) is 3. The third-order valence-corrected chi connectivity index (χ3v) is 4.85. The van der Waals surface area contributed by atoms with E-state index in [0.29, 0.717) is 17.7 Å². The molecular weight excluding hydrogens is 256 g/mol. The summed E-state index contributed by atoms with van der Waals surface area (Å²) in [6, 6.07) is 0. The predicted octanol–water partition coefficient (Wildman–Crippen LogP) is 2.22. The van der Waals surface area contributed by atoms with Crippen LogP contribution in [0.25, 0.3) is 11.6 Å². The normalized spacial score (nSPS) is 19.9. The van der Waals surface area contributed by atoms with Gasteiger partial charge in [0.1, 0.15) is 10.7 Å². The van der Waals surface area contributed by atoms with E-state index in [1.165, 1.54) is 23.5 Å². The van der Waals surface area contributed by atoms with Gasteiger partial charge in [0, 0.05) is 11.9 Å². The summed E-state index contributed by atoms with van der Waals surface area (Å²) < 4.78 is 5.25. The van der Waals surface area contributed by atoms with Gasteiger partial charge in [-0.25, -0.2) is 4.98 Å². The SMILES string of the molecule is NCc1nc(-c2nc(C3CCCS3)no2)cs1. The molecule has 90 valence electrons. The first kappa shape index (κ1) is 11.2. The second kappa shape index (κ2) is 4.75. The van der Waals surface area contributed by atoms with Gasteiger partial charge in [0.25, 0.3) is 5.89 Å². The standard InChI is InChI=1S/C10H12N4OS2/c11-4-8-12-6(5-17-8)10-13-9(14-15-10)7-2-1-3-16-7/h5,7H,1-4,11H2. The van der Waals surface area contributed by atoms with Crippen LogP contribution in [0.3, 0.4) is 0 Å². The summed E-state index contributed by atoms with van der Waals surface area (Å²) in [6.45, 7) is 0.449. The largest absolute Gasteiger partial charge is 0.332 e. The molecule has 2 aromatic heterocycles. The highest BCUT2D eigenvalue weighted by Gasteiger charge is 2.23. The van der Waals surface area contributed by atoms with Gasteiger partial charge < -0.3 is 10.3 Å². The van der Waals surface area contributed by atoms with Crippen molar-refractivity contribution >= 4 is 23.1 Å². The monoisotopic (exact) mass is 268 g/mol. The predicted molar refractivity (Wildman–Crippen MR) is 67.7 cm³/mol. The van der Waals surface area contributed by atoms with Crippen LogP contribution in [0.15, 0.2) is 9.90 Å². The fourth-order valence-corrected chi connectivity index (χ4v) is 3.60. The first-order chi connectivity index (χ1) is 8.36. The molecule has 0 spiro atoms. The maximum atomic E-state index is 5.52. The molecule has 5 nitrogen and oxygen atoms in total. The van der Waals surface area contributed by atoms with Crippen molar-refractivity contribution in [3.63, 3.8) is 0 Å². The van der Waals surface area contributed by atoms with Crippen molar-refractivity contribution in [2.45, 2.75) is 24.6 Å². The molecule has 0 radical (unpaired) electrons. The summed E-state index contributed by atoms with van der Waals surface area (Å²) in [6.07, 6.45) is 2.36. The summed E-state index contributed by atoms with van der Waals surface area (Å²) in [5.41, 5.74) is 6.26. The molecule has 1 atom stereocenters. The van der Waals surface area contributed by atoms with Gasteiger partial charge in [-0.05, 0) is 18.6 Å². The summed E-state index contributed by atoms with van der Waals surface area (Å²) in [5, 5.41) is 7.21. The Bertz CT molecular complexity index is 504. The Labute approximate surface area is 107 Å². The minimum Gasteiger partial charge on any atom is -0.332 e. The molecule has 1 unspecified atom stereocenters. The maximum Gasteiger partial charge on any atom is 0.277 e. The fourth-order valence-electron chi connectivity index (χ4n) is 1.75. The van der Waals surface area contributed by atoms with E-state index < -0.39 is 0 Å². The van der Waals surface area contributed by atoms with E-state index in [4.69, 9.17) is 10.3 Å². The number of aromatic nitrogens is 3. The fraction of sp³-hybridized carbons (Fsp3) is 0.500. The Kier molecular flexibility index (Phi) is 3.13. The van der Waals surface area contributed by atoms with E-state index in [9.17, 15) is 0 Å². The lowest BCUT2D eigenvalue weighted by molar-refractivity contribution is 0.420. The van der Waals surface area contributed by atoms with Crippen LogP contribution in [0.2, 0.25) is 0 Å². The van der Waals surface area contributed by atoms with Crippen LogP contribution in [0, 0.1) is 0 Å². The molecule has 0 saturated carbocycles. The molecular formula is C10H12N4OS2. The summed E-state index contributed by atoms with van der Waals surface area (Å²) >= 11 is 3.41. The smallest absolute Gasteiger partial charge is 0.277 e. The molecule has 0 aliphatic carbocycles. The number of thiazole rings is 1. The molecule has 1 aliphatic heterocycles. The Morgan fingerprint density at radius 1 is 1.47 bits per heavy atom. The lowest BCUT2D eigenvalue weighted by Crippen LogP contribution is -1.94. The summed E-state index contributed by atoms with van der Waals surface area (Å²) in [5.74, 6) is 2.48. The van der Waals surface area contributed by atoms with Crippen molar-refractivity contribution in [3.05, 3.63) is 16.2 Å². The highest BCUT2D eigenvalue weighted by atomic mass is 32.2. The lowest BCUT2D eigenvalue weighted by atomic mass is 10.2. The molecule has 17 heavy (non-hydrogen) atoms. The maximum absolute atomic E-state index is 5.52. The number of hydrogen-bond donors (Lipinski definition) is 1. The summed E-state index contributed by atoms with van der Waals surface area (Å²) in [7, 11) is 0. The van der Waals surface area contributed by atoms with Gasteiger partial charge in [-0.3, -0.25) is 0 Å². The van der Waals surface area contributed by atoms with E-state index in [-0.39, 0.29) is 0 Å². The van der Waals surface area contributed by atoms with Crippen LogP contribution in [0.1, 0.15) is 28.9 Å². The molecule has 0 aromatic carbocycles. The Morgan fingerprint density at radius 2 is 2.41 bits per heavy atom. The zero-order chi connectivity index (χ0) is 11.7. The number of nitrogens with two attached hydrogens (primary N) is 1. The highest BCUT2D eigenvalue weighted by molar-refractivity contribution is 7.99. The molecule has 3 heterocycles. The van der Waals surface area contributed by atoms with Crippen LogP contribution in [-0.4, -0.2) is 20.9 Å². The zero-order valence-corrected chi connectivity index (χ0v) is 10.8. The lowest BCUT2D eigenvalue weighted by Gasteiger charge is -1.98. The Balaban J connectivity index is 1.83. The first-order valence-electron chi connectivity index (χ1n) is 5.47. The van der Waals surface area contributed by atoms with Gasteiger partial charge in [0.2, 0.25) is 0 Å². The average molecular weight is 268 g/mol. The van der Waals surface area contributed by atoms with E-state index in [2.05, 4.69) is 15.1 Å². The minimum absolute atomic E-state index is 0.389. The number of rotatable bonds is 3. The third kappa shape index (κ3) is 2.22. The van der Waals surface area contributed by atoms with Crippen molar-refractivity contribution in [2.24, 2.45) is 5.73 Å². The molecule has 1 fully saturated rings. The van der Waals surface area contributed by atoms with Crippen molar-refractivity contribution in [2.75, 3.05) is 5.75 Å². The molecule has 0 bridgehead atoms. The van der Waals surface area contributed by atoms with Gasteiger partial charge in [-0.15, -0.1) is 11.3 Å². The Morgan fingerprint density at radius 3 is 3.12 bits per heavy atom. The van der Waals surface area contributed by atoms with Crippen LogP contribution >= 0.6 is 23.1 Å². The molecule has 1 aliphatic rings. The van der Waals surface area contributed by atoms with E-state index in [1.807, 2.05) is 17.1 Å². The Hall–Kier alpha value is -0.920. The summed E-state index contributed by atoms with van der Waals surface area (Å²) in [4.78, 5) is 8.74. The molecule has 7 heteroatoms. The van der Waals surface area contributed by atoms with Gasteiger partial charge in [-0.2, -0.15) is 16.7 Å². The second-order valence-corrected chi connectivity index (χ2v) is 6.04. The van der Waals surface area contributed by atoms with Crippen LogP contribution < -0.4 is 5.73 Å². The third-order valence-electron chi connectivity index (χ3n) is 2.60. The molecule has 0 amide bonds. The van der Waals surface area contributed by atoms with E-state index in [1.54, 1.807) is 0 Å². The molecule has 2 N–H and O–H groups in total. The average Bonchev–Trinajstić information content (AvgIpc) is 3.09. The first-order valence-corrected chi connectivity index (χ1v) is 7.39. The topological polar surface area (TPSA) is 77.8 Å². The molecule has 1 saturated heterocycles. The van der Waals surface area contributed by atoms with Crippen molar-refractivity contribution in [3.8, 4) is 11.6 Å². The van der Waals surface area contributed by atoms with Gasteiger partial charge in [0.15, 0.2) is 5.82 Å².